The van der Waals surface area contributed by atoms with Crippen molar-refractivity contribution in [1.29, 1.82) is 0 Å². The number of halogens is 1. The molecule has 0 saturated carbocycles. The lowest BCUT2D eigenvalue weighted by molar-refractivity contribution is 0.0680. The fourth-order valence-corrected chi connectivity index (χ4v) is 2.96. The number of esters is 1. The predicted octanol–water partition coefficient (Wildman–Crippen LogP) is 4.99. The number of carbonyl (C=O) groups is 2. The van der Waals surface area contributed by atoms with Crippen molar-refractivity contribution in [3.63, 3.8) is 0 Å². The highest BCUT2D eigenvalue weighted by Gasteiger charge is 2.19. The first-order valence-electron chi connectivity index (χ1n) is 8.55. The lowest BCUT2D eigenvalue weighted by Crippen LogP contribution is -2.14. The Bertz CT molecular complexity index is 985. The molecule has 0 aliphatic heterocycles. The number of hydrogen-bond donors (Lipinski definition) is 1. The van der Waals surface area contributed by atoms with E-state index in [0.717, 1.165) is 5.56 Å². The smallest absolute Gasteiger partial charge is 0.347 e. The van der Waals surface area contributed by atoms with Crippen LogP contribution in [0.15, 0.2) is 77.3 Å². The van der Waals surface area contributed by atoms with Gasteiger partial charge in [0.15, 0.2) is 0 Å². The highest BCUT2D eigenvalue weighted by atomic mass is 79.9. The van der Waals surface area contributed by atoms with E-state index >= 15 is 0 Å². The third-order valence-electron chi connectivity index (χ3n) is 3.97. The van der Waals surface area contributed by atoms with Crippen molar-refractivity contribution < 1.29 is 24.2 Å². The average molecular weight is 441 g/mol. The molecular formula is C22H17BrO5. The number of para-hydroxylation sites is 1. The van der Waals surface area contributed by atoms with Crippen molar-refractivity contribution in [3.8, 4) is 11.5 Å². The van der Waals surface area contributed by atoms with Crippen LogP contribution in [0, 0.1) is 0 Å². The number of carboxylic acids is 1. The molecule has 0 fully saturated rings. The summed E-state index contributed by atoms with van der Waals surface area (Å²) in [5, 5.41) is 9.32. The minimum Gasteiger partial charge on any atom is -0.492 e. The molecule has 0 bridgehead atoms. The number of carbonyl (C=O) groups excluding carboxylic acids is 1. The van der Waals surface area contributed by atoms with Crippen LogP contribution in [0.4, 0.5) is 0 Å². The molecule has 0 atom stereocenters. The van der Waals surface area contributed by atoms with E-state index in [0.29, 0.717) is 23.2 Å². The van der Waals surface area contributed by atoms with Crippen molar-refractivity contribution in [2.45, 2.75) is 6.42 Å². The molecule has 28 heavy (non-hydrogen) atoms. The van der Waals surface area contributed by atoms with Gasteiger partial charge in [0.2, 0.25) is 0 Å². The number of rotatable bonds is 7. The summed E-state index contributed by atoms with van der Waals surface area (Å²) < 4.78 is 11.7. The molecule has 0 aliphatic carbocycles. The lowest BCUT2D eigenvalue weighted by Gasteiger charge is -2.12. The minimum absolute atomic E-state index is 0.0280. The Morgan fingerprint density at radius 2 is 1.57 bits per heavy atom. The summed E-state index contributed by atoms with van der Waals surface area (Å²) in [6.45, 7) is 0.396. The van der Waals surface area contributed by atoms with E-state index in [4.69, 9.17) is 9.47 Å². The van der Waals surface area contributed by atoms with Gasteiger partial charge in [0.05, 0.1) is 6.61 Å². The van der Waals surface area contributed by atoms with Crippen molar-refractivity contribution in [2.24, 2.45) is 0 Å². The zero-order valence-corrected chi connectivity index (χ0v) is 16.4. The normalized spacial score (nSPS) is 10.3. The SMILES string of the molecule is O=C(O)c1cc(Br)ccc1OC(=O)c1ccccc1OCCc1ccccc1. The van der Waals surface area contributed by atoms with Crippen LogP contribution in [0.2, 0.25) is 0 Å². The van der Waals surface area contributed by atoms with E-state index in [1.807, 2.05) is 30.3 Å². The van der Waals surface area contributed by atoms with Crippen LogP contribution in [0.1, 0.15) is 26.3 Å². The van der Waals surface area contributed by atoms with E-state index in [1.54, 1.807) is 30.3 Å². The largest absolute Gasteiger partial charge is 0.492 e. The molecule has 142 valence electrons. The average Bonchev–Trinajstić information content (AvgIpc) is 2.70. The summed E-state index contributed by atoms with van der Waals surface area (Å²) >= 11 is 3.21. The zero-order valence-electron chi connectivity index (χ0n) is 14.8. The molecule has 1 N–H and O–H groups in total. The van der Waals surface area contributed by atoms with Gasteiger partial charge in [-0.1, -0.05) is 58.4 Å². The molecule has 3 rings (SSSR count). The van der Waals surface area contributed by atoms with Gasteiger partial charge in [0.25, 0.3) is 0 Å². The maximum Gasteiger partial charge on any atom is 0.347 e. The summed E-state index contributed by atoms with van der Waals surface area (Å²) in [5.41, 5.74) is 1.25. The van der Waals surface area contributed by atoms with Crippen LogP contribution in [0.25, 0.3) is 0 Å². The Morgan fingerprint density at radius 1 is 0.857 bits per heavy atom. The van der Waals surface area contributed by atoms with Crippen LogP contribution >= 0.6 is 15.9 Å². The Kier molecular flexibility index (Phi) is 6.45. The molecule has 0 unspecified atom stereocenters. The Hall–Kier alpha value is -3.12. The van der Waals surface area contributed by atoms with Crippen LogP contribution in [0.3, 0.4) is 0 Å². The van der Waals surface area contributed by atoms with Crippen molar-refractivity contribution in [2.75, 3.05) is 6.61 Å². The van der Waals surface area contributed by atoms with Crippen molar-refractivity contribution in [1.82, 2.24) is 0 Å². The molecule has 0 aromatic heterocycles. The predicted molar refractivity (Wildman–Crippen MR) is 108 cm³/mol. The van der Waals surface area contributed by atoms with Crippen LogP contribution in [-0.4, -0.2) is 23.7 Å². The standard InChI is InChI=1S/C22H17BrO5/c23-16-10-11-20(18(14-16)21(24)25)28-22(26)17-8-4-5-9-19(17)27-13-12-15-6-2-1-3-7-15/h1-11,14H,12-13H2,(H,24,25). The highest BCUT2D eigenvalue weighted by Crippen LogP contribution is 2.26. The van der Waals surface area contributed by atoms with Crippen LogP contribution in [-0.2, 0) is 6.42 Å². The summed E-state index contributed by atoms with van der Waals surface area (Å²) in [5.74, 6) is -1.51. The Balaban J connectivity index is 1.73. The number of hydrogen-bond acceptors (Lipinski definition) is 4. The number of benzene rings is 3. The molecular weight excluding hydrogens is 424 g/mol. The van der Waals surface area contributed by atoms with E-state index in [2.05, 4.69) is 15.9 Å². The molecule has 6 heteroatoms. The second-order valence-electron chi connectivity index (χ2n) is 5.92. The van der Waals surface area contributed by atoms with Gasteiger partial charge in [0, 0.05) is 10.9 Å². The minimum atomic E-state index is -1.18. The molecule has 5 nitrogen and oxygen atoms in total. The molecule has 0 saturated heterocycles. The molecule has 3 aromatic carbocycles. The van der Waals surface area contributed by atoms with Gasteiger partial charge in [0.1, 0.15) is 22.6 Å². The first kappa shape index (κ1) is 19.6. The topological polar surface area (TPSA) is 72.8 Å². The molecule has 0 heterocycles. The van der Waals surface area contributed by atoms with Gasteiger partial charge in [-0.2, -0.15) is 0 Å². The van der Waals surface area contributed by atoms with Gasteiger partial charge in [-0.15, -0.1) is 0 Å². The van der Waals surface area contributed by atoms with Crippen LogP contribution < -0.4 is 9.47 Å². The fourth-order valence-electron chi connectivity index (χ4n) is 2.60. The lowest BCUT2D eigenvalue weighted by atomic mass is 10.1. The molecule has 0 spiro atoms. The third kappa shape index (κ3) is 4.98. The third-order valence-corrected chi connectivity index (χ3v) is 4.47. The van der Waals surface area contributed by atoms with Crippen LogP contribution in [0.5, 0.6) is 11.5 Å². The number of aromatic carboxylic acids is 1. The zero-order chi connectivity index (χ0) is 19.9. The molecule has 0 amide bonds. The first-order chi connectivity index (χ1) is 13.5. The first-order valence-corrected chi connectivity index (χ1v) is 9.34. The number of ether oxygens (including phenoxy) is 2. The van der Waals surface area contributed by atoms with Gasteiger partial charge in [-0.05, 0) is 35.9 Å². The maximum absolute atomic E-state index is 12.6. The summed E-state index contributed by atoms with van der Waals surface area (Å²) in [4.78, 5) is 24.0. The van der Waals surface area contributed by atoms with E-state index in [9.17, 15) is 14.7 Å². The quantitative estimate of drug-likeness (QED) is 0.413. The highest BCUT2D eigenvalue weighted by molar-refractivity contribution is 9.10. The molecule has 3 aromatic rings. The van der Waals surface area contributed by atoms with Crippen molar-refractivity contribution >= 4 is 27.9 Å². The Morgan fingerprint density at radius 3 is 2.32 bits per heavy atom. The summed E-state index contributed by atoms with van der Waals surface area (Å²) in [6.07, 6.45) is 0.695. The van der Waals surface area contributed by atoms with Gasteiger partial charge < -0.3 is 14.6 Å². The van der Waals surface area contributed by atoms with E-state index in [1.165, 1.54) is 12.1 Å². The summed E-state index contributed by atoms with van der Waals surface area (Å²) in [6, 6.07) is 21.0. The second kappa shape index (κ2) is 9.19. The monoisotopic (exact) mass is 440 g/mol. The Labute approximate surface area is 170 Å². The van der Waals surface area contributed by atoms with E-state index < -0.39 is 11.9 Å². The van der Waals surface area contributed by atoms with Gasteiger partial charge in [-0.3, -0.25) is 0 Å². The molecule has 0 aliphatic rings. The fraction of sp³-hybridized carbons (Fsp3) is 0.0909. The van der Waals surface area contributed by atoms with E-state index in [-0.39, 0.29) is 16.9 Å². The maximum atomic E-state index is 12.6. The second-order valence-corrected chi connectivity index (χ2v) is 6.83. The van der Waals surface area contributed by atoms with Crippen molar-refractivity contribution in [3.05, 3.63) is 94.0 Å². The number of carboxylic acid groups (broad SMARTS) is 1. The van der Waals surface area contributed by atoms with Gasteiger partial charge >= 0.3 is 11.9 Å². The molecule has 0 radical (unpaired) electrons. The summed E-state index contributed by atoms with van der Waals surface area (Å²) in [7, 11) is 0. The van der Waals surface area contributed by atoms with Gasteiger partial charge in [-0.25, -0.2) is 9.59 Å².